The number of nitrogens with one attached hydrogen (secondary N) is 4. The van der Waals surface area contributed by atoms with E-state index in [4.69, 9.17) is 6.42 Å². The Bertz CT molecular complexity index is 1460. The molecule has 296 valence electrons. The van der Waals surface area contributed by atoms with Crippen LogP contribution in [0, 0.1) is 23.7 Å². The van der Waals surface area contributed by atoms with E-state index >= 15 is 0 Å². The topological polar surface area (TPSA) is 180 Å². The fraction of sp³-hybridized carbons (Fsp3) is 0.659. The molecule has 54 heavy (non-hydrogen) atoms. The second-order valence-corrected chi connectivity index (χ2v) is 15.0. The van der Waals surface area contributed by atoms with Crippen molar-refractivity contribution < 1.29 is 28.8 Å². The van der Waals surface area contributed by atoms with Gasteiger partial charge in [-0.2, -0.15) is 0 Å². The molecule has 0 radical (unpaired) electrons. The van der Waals surface area contributed by atoms with E-state index in [9.17, 15) is 28.8 Å². The fourth-order valence-corrected chi connectivity index (χ4v) is 7.55. The minimum atomic E-state index is -1.17. The molecule has 13 nitrogen and oxygen atoms in total. The summed E-state index contributed by atoms with van der Waals surface area (Å²) in [7, 11) is 0. The number of aromatic nitrogens is 2. The van der Waals surface area contributed by atoms with Crippen molar-refractivity contribution >= 4 is 35.3 Å². The highest BCUT2D eigenvalue weighted by Crippen LogP contribution is 2.40. The van der Waals surface area contributed by atoms with Crippen LogP contribution in [0.5, 0.6) is 0 Å². The lowest BCUT2D eigenvalue weighted by Crippen LogP contribution is -2.63. The lowest BCUT2D eigenvalue weighted by Gasteiger charge is -2.43. The zero-order chi connectivity index (χ0) is 39.5. The number of terminal acetylenes is 1. The van der Waals surface area contributed by atoms with Crippen molar-refractivity contribution in [1.82, 2.24) is 36.1 Å². The number of carbonyl (C=O) groups is 6. The molecule has 3 unspecified atom stereocenters. The summed E-state index contributed by atoms with van der Waals surface area (Å²) in [5, 5.41) is 11.1. The molecule has 1 aromatic rings. The third-order valence-corrected chi connectivity index (χ3v) is 10.9. The average molecular weight is 748 g/mol. The Morgan fingerprint density at radius 3 is 2.26 bits per heavy atom. The number of hydrogen-bond acceptors (Lipinski definition) is 8. The standard InChI is InChI=1S/C37H51N7O6.C4H10/c1-4-6-16-26(30(45)35(49)40-20-5-2)41-33(47)28-17-13-23-44(28)36(50)31(37(3)18-11-8-12-19-37)43-34(48)29(25-14-9-7-10-15-25)42-32(46)27-24-38-21-22-39-27;1-3-4-2/h1,5,21-22,24-26,28-29,31H,2,6-20,23H2,3H3,(H,40,49)(H,41,47)(H,42,46)(H,43,48);3-4H2,1-2H3/t26?,28?,29?,31-;/m1./s1. The van der Waals surface area contributed by atoms with E-state index in [2.05, 4.69) is 57.6 Å². The number of rotatable bonds is 16. The summed E-state index contributed by atoms with van der Waals surface area (Å²) in [5.74, 6) is -1.26. The van der Waals surface area contributed by atoms with E-state index in [1.165, 1.54) is 42.4 Å². The van der Waals surface area contributed by atoms with Gasteiger partial charge in [-0.15, -0.1) is 18.9 Å². The number of likely N-dealkylation sites (tertiary alicyclic amines) is 1. The summed E-state index contributed by atoms with van der Waals surface area (Å²) < 4.78 is 0. The number of hydrogen-bond donors (Lipinski definition) is 4. The molecule has 13 heteroatoms. The van der Waals surface area contributed by atoms with Gasteiger partial charge in [0.25, 0.3) is 11.8 Å². The van der Waals surface area contributed by atoms with E-state index in [0.29, 0.717) is 25.7 Å². The largest absolute Gasteiger partial charge is 0.346 e. The molecule has 0 aromatic carbocycles. The summed E-state index contributed by atoms with van der Waals surface area (Å²) in [6, 6.07) is -3.91. The Morgan fingerprint density at radius 2 is 1.65 bits per heavy atom. The summed E-state index contributed by atoms with van der Waals surface area (Å²) >= 11 is 0. The van der Waals surface area contributed by atoms with Crippen LogP contribution in [0.2, 0.25) is 0 Å². The molecular weight excluding hydrogens is 686 g/mol. The van der Waals surface area contributed by atoms with Crippen molar-refractivity contribution in [3.63, 3.8) is 0 Å². The van der Waals surface area contributed by atoms with Crippen LogP contribution in [-0.2, 0) is 24.0 Å². The molecule has 0 spiro atoms. The maximum atomic E-state index is 14.6. The van der Waals surface area contributed by atoms with Gasteiger partial charge in [-0.05, 0) is 56.3 Å². The van der Waals surface area contributed by atoms with Gasteiger partial charge in [-0.1, -0.05) is 78.2 Å². The van der Waals surface area contributed by atoms with Crippen molar-refractivity contribution in [2.75, 3.05) is 13.1 Å². The highest BCUT2D eigenvalue weighted by molar-refractivity contribution is 6.38. The van der Waals surface area contributed by atoms with Crippen LogP contribution in [0.25, 0.3) is 0 Å². The van der Waals surface area contributed by atoms with E-state index in [1.807, 2.05) is 6.92 Å². The van der Waals surface area contributed by atoms with E-state index in [0.717, 1.165) is 51.4 Å². The average Bonchev–Trinajstić information content (AvgIpc) is 3.70. The lowest BCUT2D eigenvalue weighted by atomic mass is 9.69. The number of Topliss-reactive ketones (excluding diaryl/α,β-unsaturated/α-hetero) is 1. The molecule has 3 aliphatic rings. The number of ketones is 1. The molecule has 1 aliphatic heterocycles. The molecule has 2 saturated carbocycles. The van der Waals surface area contributed by atoms with E-state index in [1.54, 1.807) is 0 Å². The lowest BCUT2D eigenvalue weighted by molar-refractivity contribution is -0.146. The quantitative estimate of drug-likeness (QED) is 0.111. The molecule has 3 fully saturated rings. The molecule has 4 N–H and O–H groups in total. The summed E-state index contributed by atoms with van der Waals surface area (Å²) in [6.07, 6.45) is 23.5. The molecule has 1 saturated heterocycles. The Kier molecular flexibility index (Phi) is 18.3. The van der Waals surface area contributed by atoms with Crippen molar-refractivity contribution in [3.05, 3.63) is 36.9 Å². The van der Waals surface area contributed by atoms with Gasteiger partial charge in [0.15, 0.2) is 0 Å². The minimum Gasteiger partial charge on any atom is -0.346 e. The van der Waals surface area contributed by atoms with Crippen LogP contribution < -0.4 is 21.3 Å². The predicted octanol–water partition coefficient (Wildman–Crippen LogP) is 4.18. The molecule has 5 amide bonds. The fourth-order valence-electron chi connectivity index (χ4n) is 7.55. The van der Waals surface area contributed by atoms with Crippen molar-refractivity contribution in [1.29, 1.82) is 0 Å². The SMILES string of the molecule is C#CCCC(NC(=O)C1CCCN1C(=O)[C@@H](NC(=O)C(NC(=O)c1cnccn1)C1CCCCC1)C1(C)CCCCC1)C(=O)C(=O)NCC=C.CCCC. The molecule has 2 aliphatic carbocycles. The van der Waals surface area contributed by atoms with Crippen LogP contribution in [0.4, 0.5) is 0 Å². The van der Waals surface area contributed by atoms with Crippen molar-refractivity contribution in [2.24, 2.45) is 11.3 Å². The summed E-state index contributed by atoms with van der Waals surface area (Å²) in [4.78, 5) is 90.9. The third-order valence-electron chi connectivity index (χ3n) is 10.9. The molecule has 4 atom stereocenters. The van der Waals surface area contributed by atoms with Crippen LogP contribution in [-0.4, -0.2) is 87.4 Å². The van der Waals surface area contributed by atoms with Crippen LogP contribution in [0.15, 0.2) is 31.2 Å². The predicted molar refractivity (Wildman–Crippen MR) is 207 cm³/mol. The van der Waals surface area contributed by atoms with Gasteiger partial charge in [0.1, 0.15) is 23.8 Å². The van der Waals surface area contributed by atoms with Gasteiger partial charge in [-0.25, -0.2) is 4.98 Å². The molecule has 1 aromatic heterocycles. The van der Waals surface area contributed by atoms with Gasteiger partial charge >= 0.3 is 0 Å². The Labute approximate surface area is 321 Å². The first-order chi connectivity index (χ1) is 26.0. The summed E-state index contributed by atoms with van der Waals surface area (Å²) in [6.45, 7) is 10.3. The smallest absolute Gasteiger partial charge is 0.289 e. The molecular formula is C41H61N7O6. The van der Waals surface area contributed by atoms with Crippen molar-refractivity contribution in [3.8, 4) is 12.3 Å². The first-order valence-electron chi connectivity index (χ1n) is 19.9. The molecule has 2 heterocycles. The highest BCUT2D eigenvalue weighted by atomic mass is 16.2. The van der Waals surface area contributed by atoms with Gasteiger partial charge in [0.2, 0.25) is 23.5 Å². The van der Waals surface area contributed by atoms with Gasteiger partial charge in [0.05, 0.1) is 12.2 Å². The van der Waals surface area contributed by atoms with Gasteiger partial charge < -0.3 is 26.2 Å². The first kappa shape index (κ1) is 43.8. The number of unbranched alkanes of at least 4 members (excludes halogenated alkanes) is 1. The maximum Gasteiger partial charge on any atom is 0.289 e. The van der Waals surface area contributed by atoms with Crippen LogP contribution in [0.1, 0.15) is 134 Å². The minimum absolute atomic E-state index is 0.0584. The summed E-state index contributed by atoms with van der Waals surface area (Å²) in [5.41, 5.74) is -0.494. The van der Waals surface area contributed by atoms with E-state index < -0.39 is 59.0 Å². The molecule has 0 bridgehead atoms. The normalized spacial score (nSPS) is 19.7. The number of nitrogens with zero attached hydrogens (tertiary/aromatic N) is 3. The zero-order valence-electron chi connectivity index (χ0n) is 32.5. The molecule has 4 rings (SSSR count). The van der Waals surface area contributed by atoms with E-state index in [-0.39, 0.29) is 43.5 Å². The highest BCUT2D eigenvalue weighted by Gasteiger charge is 2.47. The third kappa shape index (κ3) is 12.5. The second-order valence-electron chi connectivity index (χ2n) is 15.0. The monoisotopic (exact) mass is 747 g/mol. The Morgan fingerprint density at radius 1 is 0.963 bits per heavy atom. The zero-order valence-corrected chi connectivity index (χ0v) is 32.5. The van der Waals surface area contributed by atoms with Crippen molar-refractivity contribution in [2.45, 2.75) is 148 Å². The Hall–Kier alpha value is -4.60. The first-order valence-corrected chi connectivity index (χ1v) is 19.9. The second kappa shape index (κ2) is 22.6. The van der Waals surface area contributed by atoms with Crippen LogP contribution >= 0.6 is 0 Å². The Balaban J connectivity index is 0.00000186. The van der Waals surface area contributed by atoms with Gasteiger partial charge in [0, 0.05) is 31.9 Å². The maximum absolute atomic E-state index is 14.6. The number of amides is 5. The van der Waals surface area contributed by atoms with Crippen LogP contribution in [0.3, 0.4) is 0 Å². The number of carbonyl (C=O) groups excluding carboxylic acids is 6. The van der Waals surface area contributed by atoms with Gasteiger partial charge in [-0.3, -0.25) is 33.8 Å².